The zero-order chi connectivity index (χ0) is 22.3. The van der Waals surface area contributed by atoms with Crippen LogP contribution in [0.1, 0.15) is 16.1 Å². The summed E-state index contributed by atoms with van der Waals surface area (Å²) in [5, 5.41) is 10.8. The van der Waals surface area contributed by atoms with Crippen LogP contribution in [0.2, 0.25) is 0 Å². The molecule has 0 aliphatic heterocycles. The molecule has 5 heteroatoms. The first-order chi connectivity index (χ1) is 14.8. The molecule has 0 radical (unpaired) electrons. The van der Waals surface area contributed by atoms with Gasteiger partial charge in [0.2, 0.25) is 0 Å². The van der Waals surface area contributed by atoms with Crippen molar-refractivity contribution in [1.29, 1.82) is 0 Å². The third kappa shape index (κ3) is 3.42. The molecule has 0 atom stereocenters. The van der Waals surface area contributed by atoms with Crippen molar-refractivity contribution in [2.45, 2.75) is 6.92 Å². The van der Waals surface area contributed by atoms with Crippen LogP contribution in [0.4, 0.5) is 5.69 Å². The quantitative estimate of drug-likeness (QED) is 0.462. The van der Waals surface area contributed by atoms with Crippen molar-refractivity contribution in [1.82, 2.24) is 4.57 Å². The number of aromatic nitrogens is 1. The number of aromatic carboxylic acids is 1. The van der Waals surface area contributed by atoms with Gasteiger partial charge in [0, 0.05) is 37.7 Å². The topological polar surface area (TPSA) is 54.7 Å². The highest BCUT2D eigenvalue weighted by Gasteiger charge is 2.22. The van der Waals surface area contributed by atoms with Gasteiger partial charge in [-0.15, -0.1) is 0 Å². The molecule has 0 unspecified atom stereocenters. The fraction of sp³-hybridized carbons (Fsp3) is 0.192. The summed E-state index contributed by atoms with van der Waals surface area (Å²) in [5.41, 5.74) is 7.28. The van der Waals surface area contributed by atoms with Crippen LogP contribution in [0, 0.1) is 6.92 Å². The molecule has 4 aromatic rings. The number of fused-ring (bicyclic) bond motifs is 1. The molecule has 0 spiro atoms. The Bertz CT molecular complexity index is 1270. The predicted octanol–water partition coefficient (Wildman–Crippen LogP) is 5.59. The number of nitrogens with zero attached hydrogens (tertiary/aromatic N) is 2. The Morgan fingerprint density at radius 3 is 2.10 bits per heavy atom. The van der Waals surface area contributed by atoms with E-state index in [1.54, 1.807) is 11.7 Å². The zero-order valence-electron chi connectivity index (χ0n) is 18.4. The lowest BCUT2D eigenvalue weighted by atomic mass is 9.90. The lowest BCUT2D eigenvalue weighted by molar-refractivity contribution is 0.0686. The summed E-state index contributed by atoms with van der Waals surface area (Å²) in [6, 6.07) is 20.4. The summed E-state index contributed by atoms with van der Waals surface area (Å²) < 4.78 is 7.08. The molecule has 0 aliphatic rings. The van der Waals surface area contributed by atoms with Crippen molar-refractivity contribution in [2.24, 2.45) is 7.05 Å². The van der Waals surface area contributed by atoms with Crippen LogP contribution in [0.15, 0.2) is 60.7 Å². The average Bonchev–Trinajstić information content (AvgIpc) is 3.03. The first kappa shape index (κ1) is 20.5. The SMILES string of the molecule is COc1ccc(-c2ccc3c(c(C)c(C(=O)O)n3C)c2-c2ccc(N(C)C)cc2)cc1. The summed E-state index contributed by atoms with van der Waals surface area (Å²) >= 11 is 0. The van der Waals surface area contributed by atoms with Gasteiger partial charge in [-0.2, -0.15) is 0 Å². The number of rotatable bonds is 5. The van der Waals surface area contributed by atoms with E-state index in [9.17, 15) is 9.90 Å². The molecule has 0 saturated carbocycles. The van der Waals surface area contributed by atoms with Crippen LogP contribution in [-0.4, -0.2) is 36.8 Å². The second-order valence-corrected chi connectivity index (χ2v) is 7.89. The number of ether oxygens (including phenoxy) is 1. The minimum Gasteiger partial charge on any atom is -0.497 e. The van der Waals surface area contributed by atoms with Crippen LogP contribution < -0.4 is 9.64 Å². The zero-order valence-corrected chi connectivity index (χ0v) is 18.4. The summed E-state index contributed by atoms with van der Waals surface area (Å²) in [6.07, 6.45) is 0. The van der Waals surface area contributed by atoms with Crippen molar-refractivity contribution < 1.29 is 14.6 Å². The van der Waals surface area contributed by atoms with Gasteiger partial charge < -0.3 is 19.3 Å². The first-order valence-electron chi connectivity index (χ1n) is 10.1. The second kappa shape index (κ2) is 7.84. The van der Waals surface area contributed by atoms with Crippen LogP contribution in [0.3, 0.4) is 0 Å². The lowest BCUT2D eigenvalue weighted by Crippen LogP contribution is -2.07. The van der Waals surface area contributed by atoms with Gasteiger partial charge in [-0.3, -0.25) is 0 Å². The molecule has 5 nitrogen and oxygen atoms in total. The molecule has 0 saturated heterocycles. The van der Waals surface area contributed by atoms with E-state index in [2.05, 4.69) is 35.2 Å². The molecule has 0 fully saturated rings. The molecular weight excluding hydrogens is 388 g/mol. The van der Waals surface area contributed by atoms with Gasteiger partial charge in [0.15, 0.2) is 0 Å². The van der Waals surface area contributed by atoms with E-state index >= 15 is 0 Å². The summed E-state index contributed by atoms with van der Waals surface area (Å²) in [5.74, 6) is -0.123. The average molecular weight is 415 g/mol. The van der Waals surface area contributed by atoms with Gasteiger partial charge in [0.25, 0.3) is 0 Å². The number of methoxy groups -OCH3 is 1. The molecule has 0 amide bonds. The smallest absolute Gasteiger partial charge is 0.352 e. The molecule has 0 aliphatic carbocycles. The monoisotopic (exact) mass is 414 g/mol. The van der Waals surface area contributed by atoms with E-state index in [0.717, 1.165) is 50.2 Å². The second-order valence-electron chi connectivity index (χ2n) is 7.89. The van der Waals surface area contributed by atoms with Crippen LogP contribution in [0.25, 0.3) is 33.2 Å². The number of carboxylic acids is 1. The number of carbonyl (C=O) groups is 1. The van der Waals surface area contributed by atoms with Gasteiger partial charge in [-0.05, 0) is 65.1 Å². The van der Waals surface area contributed by atoms with E-state index in [4.69, 9.17) is 4.74 Å². The molecule has 158 valence electrons. The Morgan fingerprint density at radius 1 is 0.935 bits per heavy atom. The molecule has 1 N–H and O–H groups in total. The number of hydrogen-bond donors (Lipinski definition) is 1. The number of hydrogen-bond acceptors (Lipinski definition) is 3. The number of benzene rings is 3. The van der Waals surface area contributed by atoms with Gasteiger partial charge >= 0.3 is 5.97 Å². The number of carboxylic acid groups (broad SMARTS) is 1. The Hall–Kier alpha value is -3.73. The van der Waals surface area contributed by atoms with E-state index in [-0.39, 0.29) is 0 Å². The van der Waals surface area contributed by atoms with Crippen LogP contribution in [0.5, 0.6) is 5.75 Å². The fourth-order valence-corrected chi connectivity index (χ4v) is 4.28. The van der Waals surface area contributed by atoms with Crippen LogP contribution in [-0.2, 0) is 7.05 Å². The molecule has 0 bridgehead atoms. The highest BCUT2D eigenvalue weighted by Crippen LogP contribution is 2.42. The normalized spacial score (nSPS) is 11.0. The number of aryl methyl sites for hydroxylation is 2. The largest absolute Gasteiger partial charge is 0.497 e. The third-order valence-electron chi connectivity index (χ3n) is 5.89. The molecule has 31 heavy (non-hydrogen) atoms. The van der Waals surface area contributed by atoms with Crippen molar-refractivity contribution >= 4 is 22.6 Å². The Kier molecular flexibility index (Phi) is 5.19. The summed E-state index contributed by atoms with van der Waals surface area (Å²) in [6.45, 7) is 1.89. The minimum absolute atomic E-state index is 0.313. The summed E-state index contributed by atoms with van der Waals surface area (Å²) in [4.78, 5) is 14.0. The molecule has 1 heterocycles. The van der Waals surface area contributed by atoms with Crippen molar-refractivity contribution in [3.05, 3.63) is 71.9 Å². The molecule has 1 aromatic heterocycles. The summed E-state index contributed by atoms with van der Waals surface area (Å²) in [7, 11) is 7.49. The van der Waals surface area contributed by atoms with E-state index in [1.165, 1.54) is 0 Å². The fourth-order valence-electron chi connectivity index (χ4n) is 4.28. The van der Waals surface area contributed by atoms with E-state index in [1.807, 2.05) is 58.4 Å². The Labute approximate surface area is 182 Å². The van der Waals surface area contributed by atoms with Crippen LogP contribution >= 0.6 is 0 Å². The van der Waals surface area contributed by atoms with Gasteiger partial charge in [-0.25, -0.2) is 4.79 Å². The molecular formula is C26H26N2O3. The highest BCUT2D eigenvalue weighted by molar-refractivity contribution is 6.09. The number of anilines is 1. The van der Waals surface area contributed by atoms with Gasteiger partial charge in [-0.1, -0.05) is 30.3 Å². The Morgan fingerprint density at radius 2 is 1.55 bits per heavy atom. The highest BCUT2D eigenvalue weighted by atomic mass is 16.5. The maximum atomic E-state index is 12.0. The molecule has 3 aromatic carbocycles. The maximum Gasteiger partial charge on any atom is 0.352 e. The van der Waals surface area contributed by atoms with E-state index in [0.29, 0.717) is 5.69 Å². The molecule has 4 rings (SSSR count). The standard InChI is InChI=1S/C26H26N2O3/c1-16-23-22(28(4)25(16)26(29)30)15-14-21(17-8-12-20(31-5)13-9-17)24(23)18-6-10-19(11-7-18)27(2)3/h6-15H,1-5H3,(H,29,30). The van der Waals surface area contributed by atoms with Gasteiger partial charge in [0.05, 0.1) is 7.11 Å². The lowest BCUT2D eigenvalue weighted by Gasteiger charge is -2.16. The van der Waals surface area contributed by atoms with Gasteiger partial charge in [0.1, 0.15) is 11.4 Å². The maximum absolute atomic E-state index is 12.0. The van der Waals surface area contributed by atoms with Crippen molar-refractivity contribution in [3.8, 4) is 28.0 Å². The van der Waals surface area contributed by atoms with Crippen molar-refractivity contribution in [2.75, 3.05) is 26.1 Å². The van der Waals surface area contributed by atoms with E-state index < -0.39 is 5.97 Å². The third-order valence-corrected chi connectivity index (χ3v) is 5.89. The predicted molar refractivity (Wildman–Crippen MR) is 126 cm³/mol. The Balaban J connectivity index is 2.06. The minimum atomic E-state index is -0.920. The first-order valence-corrected chi connectivity index (χ1v) is 10.1. The van der Waals surface area contributed by atoms with Crippen molar-refractivity contribution in [3.63, 3.8) is 0 Å².